The number of benzene rings is 2. The standard InChI is InChI=1S/C18H16Cl2N2O2/c1-12(23)22-17(10-13-5-3-2-4-6-13)18(24)21-11-14-7-8-15(19)16(20)9-14/h2-10H,11H2,1H3,(H,21,24)(H,22,23). The monoisotopic (exact) mass is 362 g/mol. The van der Waals surface area contributed by atoms with Crippen molar-refractivity contribution < 1.29 is 9.59 Å². The fraction of sp³-hybridized carbons (Fsp3) is 0.111. The number of nitrogens with one attached hydrogen (secondary N) is 2. The van der Waals surface area contributed by atoms with Crippen LogP contribution in [0.25, 0.3) is 6.08 Å². The highest BCUT2D eigenvalue weighted by Gasteiger charge is 2.11. The molecule has 124 valence electrons. The molecule has 0 saturated carbocycles. The number of carbonyl (C=O) groups is 2. The first-order chi connectivity index (χ1) is 11.5. The summed E-state index contributed by atoms with van der Waals surface area (Å²) in [5, 5.41) is 6.17. The molecule has 0 bridgehead atoms. The number of amides is 2. The van der Waals surface area contributed by atoms with E-state index in [-0.39, 0.29) is 24.1 Å². The lowest BCUT2D eigenvalue weighted by Crippen LogP contribution is -2.33. The van der Waals surface area contributed by atoms with Crippen molar-refractivity contribution in [3.8, 4) is 0 Å². The zero-order chi connectivity index (χ0) is 17.5. The van der Waals surface area contributed by atoms with Gasteiger partial charge in [-0.1, -0.05) is 59.6 Å². The van der Waals surface area contributed by atoms with E-state index in [0.29, 0.717) is 10.0 Å². The lowest BCUT2D eigenvalue weighted by Gasteiger charge is -2.10. The van der Waals surface area contributed by atoms with E-state index >= 15 is 0 Å². The van der Waals surface area contributed by atoms with E-state index in [9.17, 15) is 9.59 Å². The molecule has 0 aliphatic rings. The van der Waals surface area contributed by atoms with Gasteiger partial charge in [0.1, 0.15) is 5.70 Å². The van der Waals surface area contributed by atoms with Crippen LogP contribution in [0.4, 0.5) is 0 Å². The maximum absolute atomic E-state index is 12.4. The highest BCUT2D eigenvalue weighted by molar-refractivity contribution is 6.42. The summed E-state index contributed by atoms with van der Waals surface area (Å²) in [6, 6.07) is 14.4. The molecular formula is C18H16Cl2N2O2. The number of rotatable bonds is 5. The van der Waals surface area contributed by atoms with Crippen molar-refractivity contribution in [1.82, 2.24) is 10.6 Å². The van der Waals surface area contributed by atoms with E-state index < -0.39 is 0 Å². The minimum absolute atomic E-state index is 0.175. The van der Waals surface area contributed by atoms with Gasteiger partial charge in [-0.2, -0.15) is 0 Å². The third-order valence-electron chi connectivity index (χ3n) is 3.10. The van der Waals surface area contributed by atoms with Crippen molar-refractivity contribution >= 4 is 41.1 Å². The van der Waals surface area contributed by atoms with Gasteiger partial charge >= 0.3 is 0 Å². The average Bonchev–Trinajstić information content (AvgIpc) is 2.55. The molecule has 0 spiro atoms. The number of halogens is 2. The largest absolute Gasteiger partial charge is 0.347 e. The summed E-state index contributed by atoms with van der Waals surface area (Å²) in [6.45, 7) is 1.62. The van der Waals surface area contributed by atoms with E-state index in [1.54, 1.807) is 24.3 Å². The van der Waals surface area contributed by atoms with Crippen molar-refractivity contribution in [1.29, 1.82) is 0 Å². The molecule has 2 rings (SSSR count). The smallest absolute Gasteiger partial charge is 0.268 e. The summed E-state index contributed by atoms with van der Waals surface area (Å²) >= 11 is 11.8. The molecule has 24 heavy (non-hydrogen) atoms. The van der Waals surface area contributed by atoms with E-state index in [1.165, 1.54) is 6.92 Å². The fourth-order valence-electron chi connectivity index (χ4n) is 1.99. The molecule has 0 heterocycles. The van der Waals surface area contributed by atoms with Gasteiger partial charge in [0.05, 0.1) is 10.0 Å². The third-order valence-corrected chi connectivity index (χ3v) is 3.84. The molecule has 0 saturated heterocycles. The van der Waals surface area contributed by atoms with Crippen LogP contribution < -0.4 is 10.6 Å². The zero-order valence-corrected chi connectivity index (χ0v) is 14.5. The molecule has 0 unspecified atom stereocenters. The molecular weight excluding hydrogens is 347 g/mol. The summed E-state index contributed by atoms with van der Waals surface area (Å²) in [7, 11) is 0. The van der Waals surface area contributed by atoms with Crippen LogP contribution in [-0.2, 0) is 16.1 Å². The Morgan fingerprint density at radius 3 is 2.38 bits per heavy atom. The van der Waals surface area contributed by atoms with Crippen LogP contribution in [0.5, 0.6) is 0 Å². The summed E-state index contributed by atoms with van der Waals surface area (Å²) in [4.78, 5) is 23.7. The Kier molecular flexibility index (Phi) is 6.41. The van der Waals surface area contributed by atoms with Crippen molar-refractivity contribution in [3.05, 3.63) is 75.4 Å². The predicted octanol–water partition coefficient (Wildman–Crippen LogP) is 3.79. The van der Waals surface area contributed by atoms with Crippen molar-refractivity contribution in [3.63, 3.8) is 0 Å². The number of hydrogen-bond acceptors (Lipinski definition) is 2. The van der Waals surface area contributed by atoms with E-state index in [2.05, 4.69) is 10.6 Å². The van der Waals surface area contributed by atoms with Crippen molar-refractivity contribution in [2.75, 3.05) is 0 Å². The Balaban J connectivity index is 2.11. The molecule has 2 amide bonds. The summed E-state index contributed by atoms with van der Waals surface area (Å²) in [5.74, 6) is -0.706. The fourth-order valence-corrected chi connectivity index (χ4v) is 2.31. The topological polar surface area (TPSA) is 58.2 Å². The van der Waals surface area contributed by atoms with Gasteiger partial charge in [0.15, 0.2) is 0 Å². The second-order valence-electron chi connectivity index (χ2n) is 5.08. The lowest BCUT2D eigenvalue weighted by molar-refractivity contribution is -0.122. The van der Waals surface area contributed by atoms with E-state index in [1.807, 2.05) is 30.3 Å². The first-order valence-electron chi connectivity index (χ1n) is 7.22. The molecule has 6 heteroatoms. The Bertz CT molecular complexity index is 774. The van der Waals surface area contributed by atoms with Gasteiger partial charge in [-0.3, -0.25) is 9.59 Å². The van der Waals surface area contributed by atoms with E-state index in [0.717, 1.165) is 11.1 Å². The van der Waals surface area contributed by atoms with Crippen molar-refractivity contribution in [2.24, 2.45) is 0 Å². The van der Waals surface area contributed by atoms with Crippen LogP contribution in [0.1, 0.15) is 18.1 Å². The second-order valence-corrected chi connectivity index (χ2v) is 5.90. The Labute approximate surface area is 150 Å². The first kappa shape index (κ1) is 18.0. The van der Waals surface area contributed by atoms with Gasteiger partial charge in [0, 0.05) is 13.5 Å². The minimum atomic E-state index is -0.389. The van der Waals surface area contributed by atoms with Crippen LogP contribution in [0.3, 0.4) is 0 Å². The highest BCUT2D eigenvalue weighted by Crippen LogP contribution is 2.22. The summed E-state index contributed by atoms with van der Waals surface area (Å²) in [6.07, 6.45) is 1.62. The molecule has 2 aromatic carbocycles. The second kappa shape index (κ2) is 8.52. The molecule has 0 atom stereocenters. The first-order valence-corrected chi connectivity index (χ1v) is 7.98. The molecule has 0 fully saturated rings. The van der Waals surface area contributed by atoms with Crippen LogP contribution in [0, 0.1) is 0 Å². The normalized spacial score (nSPS) is 11.0. The number of carbonyl (C=O) groups excluding carboxylic acids is 2. The quantitative estimate of drug-likeness (QED) is 0.795. The van der Waals surface area contributed by atoms with Gasteiger partial charge in [0.25, 0.3) is 5.91 Å². The maximum atomic E-state index is 12.4. The lowest BCUT2D eigenvalue weighted by atomic mass is 10.2. The highest BCUT2D eigenvalue weighted by atomic mass is 35.5. The van der Waals surface area contributed by atoms with Crippen LogP contribution >= 0.6 is 23.2 Å². The van der Waals surface area contributed by atoms with Gasteiger partial charge in [0.2, 0.25) is 5.91 Å². The maximum Gasteiger partial charge on any atom is 0.268 e. The Hall–Kier alpha value is -2.30. The van der Waals surface area contributed by atoms with Crippen molar-refractivity contribution in [2.45, 2.75) is 13.5 Å². The Morgan fingerprint density at radius 2 is 1.75 bits per heavy atom. The van der Waals surface area contributed by atoms with E-state index in [4.69, 9.17) is 23.2 Å². The average molecular weight is 363 g/mol. The van der Waals surface area contributed by atoms with Crippen LogP contribution in [-0.4, -0.2) is 11.8 Å². The molecule has 0 aliphatic heterocycles. The SMILES string of the molecule is CC(=O)NC(=Cc1ccccc1)C(=O)NCc1ccc(Cl)c(Cl)c1. The van der Waals surface area contributed by atoms with Crippen LogP contribution in [0.15, 0.2) is 54.2 Å². The molecule has 2 N–H and O–H groups in total. The molecule has 0 aliphatic carbocycles. The minimum Gasteiger partial charge on any atom is -0.347 e. The number of hydrogen-bond donors (Lipinski definition) is 2. The van der Waals surface area contributed by atoms with Gasteiger partial charge in [-0.05, 0) is 29.3 Å². The zero-order valence-electron chi connectivity index (χ0n) is 13.0. The van der Waals surface area contributed by atoms with Crippen LogP contribution in [0.2, 0.25) is 10.0 Å². The van der Waals surface area contributed by atoms with Gasteiger partial charge < -0.3 is 10.6 Å². The predicted molar refractivity (Wildman–Crippen MR) is 96.5 cm³/mol. The molecule has 2 aromatic rings. The summed E-state index contributed by atoms with van der Waals surface area (Å²) in [5.41, 5.74) is 1.79. The molecule has 0 aromatic heterocycles. The molecule has 4 nitrogen and oxygen atoms in total. The van der Waals surface area contributed by atoms with Gasteiger partial charge in [-0.25, -0.2) is 0 Å². The van der Waals surface area contributed by atoms with Gasteiger partial charge in [-0.15, -0.1) is 0 Å². The third kappa shape index (κ3) is 5.41. The Morgan fingerprint density at radius 1 is 1.04 bits per heavy atom. The molecule has 0 radical (unpaired) electrons. The summed E-state index contributed by atoms with van der Waals surface area (Å²) < 4.78 is 0.